The van der Waals surface area contributed by atoms with Crippen molar-refractivity contribution in [3.8, 4) is 0 Å². The third-order valence-electron chi connectivity index (χ3n) is 3.98. The summed E-state index contributed by atoms with van der Waals surface area (Å²) in [7, 11) is 5.97. The van der Waals surface area contributed by atoms with E-state index in [4.69, 9.17) is 5.84 Å². The van der Waals surface area contributed by atoms with Crippen molar-refractivity contribution >= 4 is 11.8 Å². The minimum Gasteiger partial charge on any atom is -0.355 e. The first-order valence-electron chi connectivity index (χ1n) is 6.36. The molecule has 0 radical (unpaired) electrons. The van der Waals surface area contributed by atoms with Gasteiger partial charge in [-0.1, -0.05) is 0 Å². The molecule has 0 amide bonds. The van der Waals surface area contributed by atoms with Gasteiger partial charge in [0.05, 0.1) is 6.20 Å². The van der Waals surface area contributed by atoms with Gasteiger partial charge in [0, 0.05) is 19.1 Å². The number of hydrogen-bond donors (Lipinski definition) is 2. The zero-order valence-electron chi connectivity index (χ0n) is 11.6. The number of rotatable bonds is 5. The van der Waals surface area contributed by atoms with E-state index in [1.807, 2.05) is 11.9 Å². The number of nitrogens with one attached hydrogen (secondary N) is 1. The van der Waals surface area contributed by atoms with Crippen LogP contribution in [0.15, 0.2) is 6.20 Å². The Hall–Kier alpha value is -1.47. The summed E-state index contributed by atoms with van der Waals surface area (Å²) < 4.78 is 13.8. The van der Waals surface area contributed by atoms with Gasteiger partial charge in [0.1, 0.15) is 0 Å². The van der Waals surface area contributed by atoms with Gasteiger partial charge < -0.3 is 9.80 Å². The fraction of sp³-hybridized carbons (Fsp3) is 0.667. The molecular formula is C12H21FN6. The summed E-state index contributed by atoms with van der Waals surface area (Å²) in [6.07, 6.45) is 4.60. The number of hydrogen-bond acceptors (Lipinski definition) is 6. The van der Waals surface area contributed by atoms with Gasteiger partial charge in [-0.15, -0.1) is 0 Å². The molecule has 1 aromatic heterocycles. The average Bonchev–Trinajstić information content (AvgIpc) is 2.33. The minimum atomic E-state index is -0.435. The van der Waals surface area contributed by atoms with Crippen LogP contribution in [0, 0.1) is 5.82 Å². The second kappa shape index (κ2) is 5.26. The van der Waals surface area contributed by atoms with Crippen LogP contribution in [-0.4, -0.2) is 48.1 Å². The van der Waals surface area contributed by atoms with Crippen molar-refractivity contribution in [3.63, 3.8) is 0 Å². The second-order valence-electron chi connectivity index (χ2n) is 5.34. The fourth-order valence-electron chi connectivity index (χ4n) is 2.54. The smallest absolute Gasteiger partial charge is 0.239 e. The Morgan fingerprint density at radius 3 is 2.58 bits per heavy atom. The van der Waals surface area contributed by atoms with Crippen LogP contribution in [-0.2, 0) is 0 Å². The first-order valence-corrected chi connectivity index (χ1v) is 6.36. The lowest BCUT2D eigenvalue weighted by atomic mass is 9.75. The summed E-state index contributed by atoms with van der Waals surface area (Å²) in [6.45, 7) is 0.734. The SMILES string of the molecule is CN(CC1(N(C)C)CCC1)c1nc(NN)ncc1F. The highest BCUT2D eigenvalue weighted by molar-refractivity contribution is 5.43. The van der Waals surface area contributed by atoms with Crippen LogP contribution >= 0.6 is 0 Å². The molecule has 2 rings (SSSR count). The third kappa shape index (κ3) is 2.62. The van der Waals surface area contributed by atoms with Crippen molar-refractivity contribution in [1.82, 2.24) is 14.9 Å². The van der Waals surface area contributed by atoms with E-state index in [9.17, 15) is 4.39 Å². The van der Waals surface area contributed by atoms with Crippen LogP contribution in [0.3, 0.4) is 0 Å². The summed E-state index contributed by atoms with van der Waals surface area (Å²) in [4.78, 5) is 11.9. The van der Waals surface area contributed by atoms with E-state index in [0.717, 1.165) is 25.6 Å². The lowest BCUT2D eigenvalue weighted by molar-refractivity contribution is 0.0680. The van der Waals surface area contributed by atoms with E-state index in [-0.39, 0.29) is 17.3 Å². The van der Waals surface area contributed by atoms with Crippen molar-refractivity contribution in [2.75, 3.05) is 38.0 Å². The number of aromatic nitrogens is 2. The Morgan fingerprint density at radius 1 is 1.42 bits per heavy atom. The van der Waals surface area contributed by atoms with E-state index < -0.39 is 5.82 Å². The first kappa shape index (κ1) is 14.0. The molecule has 0 bridgehead atoms. The quantitative estimate of drug-likeness (QED) is 0.608. The van der Waals surface area contributed by atoms with E-state index in [0.29, 0.717) is 0 Å². The molecule has 1 aliphatic rings. The summed E-state index contributed by atoms with van der Waals surface area (Å²) in [5.41, 5.74) is 2.45. The highest BCUT2D eigenvalue weighted by Gasteiger charge is 2.40. The lowest BCUT2D eigenvalue weighted by Crippen LogP contribution is -2.57. The Kier molecular flexibility index (Phi) is 3.86. The first-order chi connectivity index (χ1) is 8.98. The number of nitrogen functional groups attached to an aromatic ring is 1. The van der Waals surface area contributed by atoms with Crippen molar-refractivity contribution in [1.29, 1.82) is 0 Å². The Balaban J connectivity index is 2.17. The molecule has 0 aliphatic heterocycles. The Bertz CT molecular complexity index is 446. The molecule has 1 fully saturated rings. The molecule has 0 atom stereocenters. The molecule has 1 aliphatic carbocycles. The van der Waals surface area contributed by atoms with Crippen LogP contribution in [0.2, 0.25) is 0 Å². The molecule has 0 unspecified atom stereocenters. The molecule has 1 aromatic rings. The van der Waals surface area contributed by atoms with Gasteiger partial charge in [-0.05, 0) is 33.4 Å². The van der Waals surface area contributed by atoms with Crippen LogP contribution in [0.5, 0.6) is 0 Å². The van der Waals surface area contributed by atoms with Crippen LogP contribution in [0.1, 0.15) is 19.3 Å². The van der Waals surface area contributed by atoms with Crippen LogP contribution in [0.4, 0.5) is 16.2 Å². The average molecular weight is 268 g/mol. The number of halogens is 1. The molecule has 0 saturated heterocycles. The zero-order chi connectivity index (χ0) is 14.0. The monoisotopic (exact) mass is 268 g/mol. The Labute approximate surface area is 112 Å². The second-order valence-corrected chi connectivity index (χ2v) is 5.34. The van der Waals surface area contributed by atoms with E-state index in [1.165, 1.54) is 6.42 Å². The molecule has 3 N–H and O–H groups in total. The van der Waals surface area contributed by atoms with Gasteiger partial charge >= 0.3 is 0 Å². The Morgan fingerprint density at radius 2 is 2.11 bits per heavy atom. The summed E-state index contributed by atoms with van der Waals surface area (Å²) >= 11 is 0. The normalized spacial score (nSPS) is 17.2. The summed E-state index contributed by atoms with van der Waals surface area (Å²) in [5.74, 6) is 5.31. The number of anilines is 2. The molecule has 1 heterocycles. The van der Waals surface area contributed by atoms with Gasteiger partial charge in [-0.25, -0.2) is 15.2 Å². The summed E-state index contributed by atoms with van der Waals surface area (Å²) in [5, 5.41) is 0. The summed E-state index contributed by atoms with van der Waals surface area (Å²) in [6, 6.07) is 0. The van der Waals surface area contributed by atoms with Crippen molar-refractivity contribution in [2.45, 2.75) is 24.8 Å². The molecular weight excluding hydrogens is 247 g/mol. The third-order valence-corrected chi connectivity index (χ3v) is 3.98. The van der Waals surface area contributed by atoms with E-state index in [1.54, 1.807) is 0 Å². The molecule has 0 aromatic carbocycles. The molecule has 106 valence electrons. The lowest BCUT2D eigenvalue weighted by Gasteiger charge is -2.49. The van der Waals surface area contributed by atoms with Crippen molar-refractivity contribution < 1.29 is 4.39 Å². The van der Waals surface area contributed by atoms with Gasteiger partial charge in [0.15, 0.2) is 11.6 Å². The van der Waals surface area contributed by atoms with E-state index in [2.05, 4.69) is 34.4 Å². The minimum absolute atomic E-state index is 0.114. The van der Waals surface area contributed by atoms with Crippen LogP contribution < -0.4 is 16.2 Å². The predicted octanol–water partition coefficient (Wildman–Crippen LogP) is 0.822. The highest BCUT2D eigenvalue weighted by atomic mass is 19.1. The van der Waals surface area contributed by atoms with Crippen molar-refractivity contribution in [3.05, 3.63) is 12.0 Å². The highest BCUT2D eigenvalue weighted by Crippen LogP contribution is 2.37. The van der Waals surface area contributed by atoms with Crippen molar-refractivity contribution in [2.24, 2.45) is 5.84 Å². The maximum atomic E-state index is 13.8. The van der Waals surface area contributed by atoms with Gasteiger partial charge in [-0.3, -0.25) is 5.43 Å². The van der Waals surface area contributed by atoms with Crippen LogP contribution in [0.25, 0.3) is 0 Å². The standard InChI is InChI=1S/C12H21FN6/c1-18(2)12(5-4-6-12)8-19(3)10-9(13)7-15-11(16-10)17-14/h7H,4-6,8,14H2,1-3H3,(H,15,16,17). The maximum Gasteiger partial charge on any atom is 0.239 e. The number of nitrogens with two attached hydrogens (primary N) is 1. The topological polar surface area (TPSA) is 70.3 Å². The van der Waals surface area contributed by atoms with Gasteiger partial charge in [-0.2, -0.15) is 4.98 Å². The number of nitrogens with zero attached hydrogens (tertiary/aromatic N) is 4. The zero-order valence-corrected chi connectivity index (χ0v) is 11.6. The maximum absolute atomic E-state index is 13.8. The van der Waals surface area contributed by atoms with E-state index >= 15 is 0 Å². The fourth-order valence-corrected chi connectivity index (χ4v) is 2.54. The molecule has 7 heteroatoms. The molecule has 19 heavy (non-hydrogen) atoms. The van der Waals surface area contributed by atoms with Gasteiger partial charge in [0.2, 0.25) is 5.95 Å². The predicted molar refractivity (Wildman–Crippen MR) is 73.3 cm³/mol. The number of likely N-dealkylation sites (N-methyl/N-ethyl adjacent to an activating group) is 2. The largest absolute Gasteiger partial charge is 0.355 e. The molecule has 6 nitrogen and oxygen atoms in total. The molecule has 0 spiro atoms. The molecule has 1 saturated carbocycles. The van der Waals surface area contributed by atoms with Gasteiger partial charge in [0.25, 0.3) is 0 Å². The number of hydrazine groups is 1.